The number of nitrogens with one attached hydrogen (secondary N) is 1. The smallest absolute Gasteiger partial charge is 0.228 e. The molecule has 0 spiro atoms. The van der Waals surface area contributed by atoms with E-state index < -0.39 is 0 Å². The molecule has 1 aromatic carbocycles. The molecule has 0 unspecified atom stereocenters. The van der Waals surface area contributed by atoms with Crippen molar-refractivity contribution >= 4 is 23.3 Å². The van der Waals surface area contributed by atoms with E-state index in [9.17, 15) is 9.90 Å². The molecule has 6 heteroatoms. The maximum Gasteiger partial charge on any atom is 0.228 e. The van der Waals surface area contributed by atoms with Crippen LogP contribution in [-0.4, -0.2) is 27.4 Å². The molecule has 0 atom stereocenters. The summed E-state index contributed by atoms with van der Waals surface area (Å²) in [4.78, 5) is 12.1. The van der Waals surface area contributed by atoms with Crippen molar-refractivity contribution in [2.75, 3.05) is 11.9 Å². The molecule has 22 heavy (non-hydrogen) atoms. The van der Waals surface area contributed by atoms with Gasteiger partial charge in [0.1, 0.15) is 5.82 Å². The van der Waals surface area contributed by atoms with Gasteiger partial charge in [-0.3, -0.25) is 4.79 Å². The molecule has 1 heterocycles. The molecular weight excluding hydrogens is 302 g/mol. The van der Waals surface area contributed by atoms with Gasteiger partial charge >= 0.3 is 0 Å². The molecular formula is C16H18ClN3O2. The number of nitrogens with zero attached hydrogens (tertiary/aromatic N) is 2. The first kappa shape index (κ1) is 15.1. The molecule has 1 amide bonds. The Morgan fingerprint density at radius 2 is 2.23 bits per heavy atom. The summed E-state index contributed by atoms with van der Waals surface area (Å²) in [5.41, 5.74) is 1.60. The van der Waals surface area contributed by atoms with Crippen LogP contribution in [0.15, 0.2) is 30.3 Å². The number of rotatable bonds is 5. The zero-order chi connectivity index (χ0) is 15.5. The van der Waals surface area contributed by atoms with Crippen LogP contribution in [-0.2, 0) is 11.3 Å². The third-order valence-electron chi connectivity index (χ3n) is 3.94. The van der Waals surface area contributed by atoms with Crippen molar-refractivity contribution in [2.45, 2.75) is 25.8 Å². The van der Waals surface area contributed by atoms with Gasteiger partial charge in [-0.15, -0.1) is 0 Å². The number of carbonyl (C=O) groups excluding carboxylic acids is 1. The average Bonchev–Trinajstić information content (AvgIpc) is 2.80. The van der Waals surface area contributed by atoms with Crippen LogP contribution >= 0.6 is 11.6 Å². The largest absolute Gasteiger partial charge is 0.394 e. The van der Waals surface area contributed by atoms with Gasteiger partial charge in [0.15, 0.2) is 0 Å². The molecule has 1 aliphatic carbocycles. The standard InChI is InChI=1S/C16H18ClN3O2/c17-13-6-2-5-12(9-13)14-10-15(20(19-14)7-8-21)18-16(22)11-3-1-4-11/h2,5-6,9-11,21H,1,3-4,7-8H2,(H,18,22). The number of hydrogen-bond acceptors (Lipinski definition) is 3. The molecule has 2 aromatic rings. The number of halogens is 1. The summed E-state index contributed by atoms with van der Waals surface area (Å²) in [5, 5.41) is 17.2. The van der Waals surface area contributed by atoms with Crippen LogP contribution in [0.25, 0.3) is 11.3 Å². The second-order valence-electron chi connectivity index (χ2n) is 5.49. The molecule has 1 saturated carbocycles. The van der Waals surface area contributed by atoms with Crippen LogP contribution in [0.4, 0.5) is 5.82 Å². The highest BCUT2D eigenvalue weighted by Crippen LogP contribution is 2.29. The van der Waals surface area contributed by atoms with Gasteiger partial charge in [-0.05, 0) is 25.0 Å². The van der Waals surface area contributed by atoms with Crippen LogP contribution in [0.3, 0.4) is 0 Å². The van der Waals surface area contributed by atoms with Crippen molar-refractivity contribution in [2.24, 2.45) is 5.92 Å². The minimum Gasteiger partial charge on any atom is -0.394 e. The minimum absolute atomic E-state index is 0.0305. The number of amides is 1. The Hall–Kier alpha value is -1.85. The van der Waals surface area contributed by atoms with Gasteiger partial charge < -0.3 is 10.4 Å². The van der Waals surface area contributed by atoms with E-state index in [4.69, 9.17) is 11.6 Å². The average molecular weight is 320 g/mol. The van der Waals surface area contributed by atoms with Crippen LogP contribution in [0, 0.1) is 5.92 Å². The van der Waals surface area contributed by atoms with Crippen molar-refractivity contribution in [3.8, 4) is 11.3 Å². The molecule has 0 bridgehead atoms. The van der Waals surface area contributed by atoms with E-state index in [2.05, 4.69) is 10.4 Å². The van der Waals surface area contributed by atoms with Gasteiger partial charge in [-0.2, -0.15) is 5.10 Å². The van der Waals surface area contributed by atoms with E-state index >= 15 is 0 Å². The quantitative estimate of drug-likeness (QED) is 0.890. The number of aromatic nitrogens is 2. The summed E-state index contributed by atoms with van der Waals surface area (Å²) in [6, 6.07) is 9.21. The number of hydrogen-bond donors (Lipinski definition) is 2. The fourth-order valence-corrected chi connectivity index (χ4v) is 2.66. The first-order chi connectivity index (χ1) is 10.7. The van der Waals surface area contributed by atoms with Gasteiger partial charge in [0.05, 0.1) is 18.8 Å². The molecule has 116 valence electrons. The van der Waals surface area contributed by atoms with Crippen LogP contribution in [0.1, 0.15) is 19.3 Å². The monoisotopic (exact) mass is 319 g/mol. The zero-order valence-corrected chi connectivity index (χ0v) is 12.9. The molecule has 5 nitrogen and oxygen atoms in total. The van der Waals surface area contributed by atoms with Crippen molar-refractivity contribution in [3.05, 3.63) is 35.4 Å². The van der Waals surface area contributed by atoms with Crippen molar-refractivity contribution in [1.82, 2.24) is 9.78 Å². The highest BCUT2D eigenvalue weighted by molar-refractivity contribution is 6.30. The Morgan fingerprint density at radius 3 is 2.86 bits per heavy atom. The molecule has 0 radical (unpaired) electrons. The first-order valence-electron chi connectivity index (χ1n) is 7.43. The normalized spacial score (nSPS) is 14.6. The maximum absolute atomic E-state index is 12.1. The maximum atomic E-state index is 12.1. The third-order valence-corrected chi connectivity index (χ3v) is 4.17. The van der Waals surface area contributed by atoms with E-state index in [0.29, 0.717) is 17.4 Å². The van der Waals surface area contributed by atoms with Crippen LogP contribution in [0.2, 0.25) is 5.02 Å². The predicted octanol–water partition coefficient (Wildman–Crippen LogP) is 2.93. The third kappa shape index (κ3) is 3.15. The summed E-state index contributed by atoms with van der Waals surface area (Å²) < 4.78 is 1.62. The number of anilines is 1. The predicted molar refractivity (Wildman–Crippen MR) is 85.7 cm³/mol. The van der Waals surface area contributed by atoms with Crippen molar-refractivity contribution < 1.29 is 9.90 Å². The highest BCUT2D eigenvalue weighted by atomic mass is 35.5. The zero-order valence-electron chi connectivity index (χ0n) is 12.1. The highest BCUT2D eigenvalue weighted by Gasteiger charge is 2.26. The summed E-state index contributed by atoms with van der Waals surface area (Å²) in [5.74, 6) is 0.746. The summed E-state index contributed by atoms with van der Waals surface area (Å²) in [7, 11) is 0. The van der Waals surface area contributed by atoms with Crippen LogP contribution in [0.5, 0.6) is 0 Å². The number of aliphatic hydroxyl groups excluding tert-OH is 1. The molecule has 1 aromatic heterocycles. The number of carbonyl (C=O) groups is 1. The molecule has 0 saturated heterocycles. The van der Waals surface area contributed by atoms with Gasteiger partial charge in [-0.1, -0.05) is 30.2 Å². The van der Waals surface area contributed by atoms with Gasteiger partial charge in [-0.25, -0.2) is 4.68 Å². The molecule has 2 N–H and O–H groups in total. The molecule has 3 rings (SSSR count). The lowest BCUT2D eigenvalue weighted by Crippen LogP contribution is -2.29. The lowest BCUT2D eigenvalue weighted by Gasteiger charge is -2.24. The van der Waals surface area contributed by atoms with E-state index in [1.807, 2.05) is 24.3 Å². The number of aliphatic hydroxyl groups is 1. The summed E-state index contributed by atoms with van der Waals surface area (Å²) >= 11 is 6.01. The number of benzene rings is 1. The van der Waals surface area contributed by atoms with Crippen molar-refractivity contribution in [3.63, 3.8) is 0 Å². The van der Waals surface area contributed by atoms with Crippen LogP contribution < -0.4 is 5.32 Å². The van der Waals surface area contributed by atoms with Gasteiger partial charge in [0.25, 0.3) is 0 Å². The van der Waals surface area contributed by atoms with Gasteiger partial charge in [0.2, 0.25) is 5.91 Å². The van der Waals surface area contributed by atoms with Crippen molar-refractivity contribution in [1.29, 1.82) is 0 Å². The lowest BCUT2D eigenvalue weighted by molar-refractivity contribution is -0.122. The first-order valence-corrected chi connectivity index (χ1v) is 7.80. The summed E-state index contributed by atoms with van der Waals surface area (Å²) in [6.07, 6.45) is 3.00. The van der Waals surface area contributed by atoms with E-state index in [0.717, 1.165) is 30.5 Å². The molecule has 1 fully saturated rings. The summed E-state index contributed by atoms with van der Waals surface area (Å²) in [6.45, 7) is 0.295. The molecule has 1 aliphatic rings. The molecule has 0 aliphatic heterocycles. The SMILES string of the molecule is O=C(Nc1cc(-c2cccc(Cl)c2)nn1CCO)C1CCC1. The van der Waals surface area contributed by atoms with E-state index in [-0.39, 0.29) is 18.4 Å². The fraction of sp³-hybridized carbons (Fsp3) is 0.375. The van der Waals surface area contributed by atoms with Gasteiger partial charge in [0, 0.05) is 22.6 Å². The minimum atomic E-state index is -0.0387. The topological polar surface area (TPSA) is 67.2 Å². The lowest BCUT2D eigenvalue weighted by atomic mass is 9.85. The Balaban J connectivity index is 1.86. The Bertz CT molecular complexity index is 680. The fourth-order valence-electron chi connectivity index (χ4n) is 2.47. The Kier molecular flexibility index (Phi) is 4.45. The second-order valence-corrected chi connectivity index (χ2v) is 5.93. The van der Waals surface area contributed by atoms with E-state index in [1.54, 1.807) is 10.7 Å². The Morgan fingerprint density at radius 1 is 1.41 bits per heavy atom. The van der Waals surface area contributed by atoms with E-state index in [1.165, 1.54) is 0 Å². The Labute approximate surface area is 133 Å². The second kappa shape index (κ2) is 6.50.